The number of nitrogens with one attached hydrogen (secondary N) is 1. The third kappa shape index (κ3) is 3.21. The van der Waals surface area contributed by atoms with Crippen LogP contribution in [0.3, 0.4) is 0 Å². The summed E-state index contributed by atoms with van der Waals surface area (Å²) in [6.45, 7) is 2.11. The number of H-pyrrole nitrogens is 1. The van der Waals surface area contributed by atoms with Crippen molar-refractivity contribution in [3.8, 4) is 28.5 Å². The van der Waals surface area contributed by atoms with Crippen LogP contribution in [-0.4, -0.2) is 34.5 Å². The summed E-state index contributed by atoms with van der Waals surface area (Å²) in [5.41, 5.74) is 5.80. The number of aryl methyl sites for hydroxylation is 1. The van der Waals surface area contributed by atoms with Gasteiger partial charge >= 0.3 is 0 Å². The summed E-state index contributed by atoms with van der Waals surface area (Å²) < 4.78 is 11.6. The van der Waals surface area contributed by atoms with Crippen LogP contribution < -0.4 is 9.47 Å². The van der Waals surface area contributed by atoms with Crippen LogP contribution in [0.4, 0.5) is 0 Å². The molecule has 2 N–H and O–H groups in total. The molecule has 3 aromatic carbocycles. The number of methoxy groups -OCH3 is 2. The number of hydrogen-bond acceptors (Lipinski definition) is 5. The number of aromatic nitrogens is 3. The van der Waals surface area contributed by atoms with Crippen LogP contribution in [0.5, 0.6) is 17.2 Å². The number of ether oxygens (including phenoxy) is 2. The van der Waals surface area contributed by atoms with Gasteiger partial charge in [-0.25, -0.2) is 4.98 Å². The summed E-state index contributed by atoms with van der Waals surface area (Å²) in [4.78, 5) is 4.86. The SMILES string of the molecule is COc1cc2c(-c3ccc(O)cc3)nc3[nH]ncc3c2c(Cc2ccccc2C)c1OC. The molecule has 0 unspecified atom stereocenters. The zero-order chi connectivity index (χ0) is 22.2. The van der Waals surface area contributed by atoms with Gasteiger partial charge in [0.25, 0.3) is 0 Å². The summed E-state index contributed by atoms with van der Waals surface area (Å²) in [7, 11) is 3.31. The Morgan fingerprint density at radius 1 is 0.969 bits per heavy atom. The Hall–Kier alpha value is -4.06. The van der Waals surface area contributed by atoms with Crippen LogP contribution in [0, 0.1) is 6.92 Å². The molecule has 2 heterocycles. The van der Waals surface area contributed by atoms with E-state index in [0.29, 0.717) is 23.6 Å². The highest BCUT2D eigenvalue weighted by Gasteiger charge is 2.22. The van der Waals surface area contributed by atoms with Gasteiger partial charge in [-0.3, -0.25) is 5.10 Å². The highest BCUT2D eigenvalue weighted by atomic mass is 16.5. The van der Waals surface area contributed by atoms with Crippen molar-refractivity contribution in [3.63, 3.8) is 0 Å². The topological polar surface area (TPSA) is 80.3 Å². The minimum Gasteiger partial charge on any atom is -0.508 e. The quantitative estimate of drug-likeness (QED) is 0.394. The molecule has 0 aliphatic heterocycles. The van der Waals surface area contributed by atoms with E-state index in [1.54, 1.807) is 32.5 Å². The fourth-order valence-corrected chi connectivity index (χ4v) is 4.29. The molecule has 5 aromatic rings. The number of pyridine rings is 1. The lowest BCUT2D eigenvalue weighted by Crippen LogP contribution is -2.02. The van der Waals surface area contributed by atoms with E-state index >= 15 is 0 Å². The van der Waals surface area contributed by atoms with Crippen molar-refractivity contribution < 1.29 is 14.6 Å². The summed E-state index contributed by atoms with van der Waals surface area (Å²) in [5, 5.41) is 19.9. The van der Waals surface area contributed by atoms with Crippen molar-refractivity contribution in [1.82, 2.24) is 15.2 Å². The molecule has 0 aliphatic rings. The first-order chi connectivity index (χ1) is 15.6. The van der Waals surface area contributed by atoms with Gasteiger partial charge in [-0.15, -0.1) is 0 Å². The predicted octanol–water partition coefficient (Wildman–Crippen LogP) is 5.40. The molecule has 2 aromatic heterocycles. The van der Waals surface area contributed by atoms with Gasteiger partial charge in [-0.05, 0) is 48.4 Å². The molecule has 160 valence electrons. The second kappa shape index (κ2) is 7.89. The molecule has 5 rings (SSSR count). The van der Waals surface area contributed by atoms with E-state index in [1.807, 2.05) is 30.3 Å². The molecule has 0 bridgehead atoms. The van der Waals surface area contributed by atoms with E-state index in [4.69, 9.17) is 14.5 Å². The molecule has 0 atom stereocenters. The molecule has 6 nitrogen and oxygen atoms in total. The Morgan fingerprint density at radius 2 is 1.75 bits per heavy atom. The van der Waals surface area contributed by atoms with Gasteiger partial charge < -0.3 is 14.6 Å². The van der Waals surface area contributed by atoms with Crippen LogP contribution in [0.15, 0.2) is 60.8 Å². The summed E-state index contributed by atoms with van der Waals surface area (Å²) in [6, 6.07) is 17.3. The van der Waals surface area contributed by atoms with Gasteiger partial charge in [0.2, 0.25) is 0 Å². The van der Waals surface area contributed by atoms with E-state index in [0.717, 1.165) is 33.0 Å². The number of phenolic OH excluding ortho intramolecular Hbond substituents is 1. The predicted molar refractivity (Wildman–Crippen MR) is 126 cm³/mol. The molecular weight excluding hydrogens is 402 g/mol. The monoisotopic (exact) mass is 425 g/mol. The van der Waals surface area contributed by atoms with Crippen molar-refractivity contribution in [2.24, 2.45) is 0 Å². The second-order valence-electron chi connectivity index (χ2n) is 7.76. The van der Waals surface area contributed by atoms with Crippen molar-refractivity contribution in [2.75, 3.05) is 14.2 Å². The van der Waals surface area contributed by atoms with Crippen molar-refractivity contribution in [3.05, 3.63) is 77.5 Å². The highest BCUT2D eigenvalue weighted by Crippen LogP contribution is 2.44. The first kappa shape index (κ1) is 19.9. The Morgan fingerprint density at radius 3 is 2.47 bits per heavy atom. The summed E-state index contributed by atoms with van der Waals surface area (Å²) in [6.07, 6.45) is 2.47. The Labute approximate surface area is 185 Å². The zero-order valence-electron chi connectivity index (χ0n) is 18.1. The highest BCUT2D eigenvalue weighted by molar-refractivity contribution is 6.13. The largest absolute Gasteiger partial charge is 0.508 e. The zero-order valence-corrected chi connectivity index (χ0v) is 18.1. The number of phenols is 1. The van der Waals surface area contributed by atoms with Gasteiger partial charge in [0.1, 0.15) is 5.75 Å². The third-order valence-electron chi connectivity index (χ3n) is 5.90. The molecule has 0 amide bonds. The lowest BCUT2D eigenvalue weighted by Gasteiger charge is -2.19. The molecule has 32 heavy (non-hydrogen) atoms. The molecule has 0 aliphatic carbocycles. The van der Waals surface area contributed by atoms with E-state index in [2.05, 4.69) is 29.3 Å². The molecular formula is C26H23N3O3. The standard InChI is InChI=1S/C26H23N3O3/c1-15-6-4-5-7-17(15)12-20-23-19(13-22(31-2)25(20)32-3)24(16-8-10-18(30)11-9-16)28-26-21(23)14-27-29-26/h4-11,13-14,30H,12H2,1-3H3,(H,27,28,29). The van der Waals surface area contributed by atoms with Crippen LogP contribution in [0.1, 0.15) is 16.7 Å². The number of nitrogens with zero attached hydrogens (tertiary/aromatic N) is 2. The maximum Gasteiger partial charge on any atom is 0.164 e. The number of fused-ring (bicyclic) bond motifs is 3. The first-order valence-corrected chi connectivity index (χ1v) is 10.3. The molecule has 6 heteroatoms. The normalized spacial score (nSPS) is 11.2. The van der Waals surface area contributed by atoms with Crippen molar-refractivity contribution in [1.29, 1.82) is 0 Å². The fraction of sp³-hybridized carbons (Fsp3) is 0.154. The molecule has 0 radical (unpaired) electrons. The summed E-state index contributed by atoms with van der Waals surface area (Å²) in [5.74, 6) is 1.56. The van der Waals surface area contributed by atoms with Gasteiger partial charge in [-0.1, -0.05) is 24.3 Å². The molecule has 0 saturated heterocycles. The second-order valence-corrected chi connectivity index (χ2v) is 7.76. The number of rotatable bonds is 5. The Balaban J connectivity index is 1.90. The van der Waals surface area contributed by atoms with E-state index in [-0.39, 0.29) is 5.75 Å². The minimum absolute atomic E-state index is 0.208. The lowest BCUT2D eigenvalue weighted by atomic mass is 9.92. The number of aromatic amines is 1. The maximum atomic E-state index is 9.77. The van der Waals surface area contributed by atoms with Gasteiger partial charge in [0, 0.05) is 33.7 Å². The van der Waals surface area contributed by atoms with Crippen LogP contribution >= 0.6 is 0 Å². The van der Waals surface area contributed by atoms with Crippen molar-refractivity contribution in [2.45, 2.75) is 13.3 Å². The first-order valence-electron chi connectivity index (χ1n) is 10.3. The van der Waals surface area contributed by atoms with E-state index in [1.165, 1.54) is 11.1 Å². The van der Waals surface area contributed by atoms with Crippen LogP contribution in [0.2, 0.25) is 0 Å². The summed E-state index contributed by atoms with van der Waals surface area (Å²) >= 11 is 0. The maximum absolute atomic E-state index is 9.77. The molecule has 0 saturated carbocycles. The number of benzene rings is 3. The van der Waals surface area contributed by atoms with Crippen molar-refractivity contribution >= 4 is 21.8 Å². The van der Waals surface area contributed by atoms with Gasteiger partial charge in [-0.2, -0.15) is 5.10 Å². The lowest BCUT2D eigenvalue weighted by molar-refractivity contribution is 0.353. The Kier molecular flexibility index (Phi) is 4.90. The van der Waals surface area contributed by atoms with Crippen LogP contribution in [0.25, 0.3) is 33.1 Å². The Bertz CT molecular complexity index is 1440. The van der Waals surface area contributed by atoms with E-state index in [9.17, 15) is 5.11 Å². The number of aromatic hydroxyl groups is 1. The fourth-order valence-electron chi connectivity index (χ4n) is 4.29. The molecule has 0 spiro atoms. The van der Waals surface area contributed by atoms with E-state index < -0.39 is 0 Å². The smallest absolute Gasteiger partial charge is 0.164 e. The third-order valence-corrected chi connectivity index (χ3v) is 5.90. The van der Waals surface area contributed by atoms with Crippen LogP contribution in [-0.2, 0) is 6.42 Å². The average Bonchev–Trinajstić information content (AvgIpc) is 3.28. The molecule has 0 fully saturated rings. The van der Waals surface area contributed by atoms with Gasteiger partial charge in [0.05, 0.1) is 26.1 Å². The number of hydrogen-bond donors (Lipinski definition) is 2. The minimum atomic E-state index is 0.208. The average molecular weight is 425 g/mol. The van der Waals surface area contributed by atoms with Gasteiger partial charge in [0.15, 0.2) is 17.1 Å².